The van der Waals surface area contributed by atoms with Gasteiger partial charge >= 0.3 is 0 Å². The van der Waals surface area contributed by atoms with Crippen LogP contribution in [0.1, 0.15) is 37.7 Å². The molecule has 2 rings (SSSR count). The molecule has 2 atom stereocenters. The van der Waals surface area contributed by atoms with Crippen molar-refractivity contribution in [2.45, 2.75) is 43.8 Å². The zero-order valence-corrected chi connectivity index (χ0v) is 10.8. The Hall–Kier alpha value is -0.860. The fourth-order valence-corrected chi connectivity index (χ4v) is 3.00. The lowest BCUT2D eigenvalue weighted by molar-refractivity contribution is -0.127. The van der Waals surface area contributed by atoms with Crippen LogP contribution in [0.2, 0.25) is 0 Å². The van der Waals surface area contributed by atoms with E-state index in [0.717, 1.165) is 12.8 Å². The van der Waals surface area contributed by atoms with Gasteiger partial charge in [0.2, 0.25) is 0 Å². The minimum absolute atomic E-state index is 0.164. The molecule has 0 radical (unpaired) electrons. The highest BCUT2D eigenvalue weighted by atomic mass is 16.5. The van der Waals surface area contributed by atoms with E-state index in [1.54, 1.807) is 7.11 Å². The Morgan fingerprint density at radius 3 is 2.47 bits per heavy atom. The van der Waals surface area contributed by atoms with Gasteiger partial charge in [-0.2, -0.15) is 0 Å². The van der Waals surface area contributed by atoms with Gasteiger partial charge in [-0.3, -0.25) is 0 Å². The van der Waals surface area contributed by atoms with E-state index in [9.17, 15) is 0 Å². The number of ether oxygens (including phenoxy) is 2. The highest BCUT2D eigenvalue weighted by Gasteiger charge is 2.41. The van der Waals surface area contributed by atoms with E-state index in [4.69, 9.17) is 9.47 Å². The molecule has 0 bridgehead atoms. The average molecular weight is 234 g/mol. The average Bonchev–Trinajstić information content (AvgIpc) is 2.62. The summed E-state index contributed by atoms with van der Waals surface area (Å²) in [6.45, 7) is 0. The Morgan fingerprint density at radius 1 is 1.06 bits per heavy atom. The molecule has 1 aromatic rings. The zero-order valence-electron chi connectivity index (χ0n) is 10.8. The van der Waals surface area contributed by atoms with Gasteiger partial charge in [0, 0.05) is 14.2 Å². The largest absolute Gasteiger partial charge is 0.378 e. The molecule has 0 aliphatic heterocycles. The molecule has 2 heteroatoms. The topological polar surface area (TPSA) is 18.5 Å². The van der Waals surface area contributed by atoms with Crippen molar-refractivity contribution in [1.29, 1.82) is 0 Å². The molecule has 1 saturated carbocycles. The van der Waals surface area contributed by atoms with Crippen molar-refractivity contribution in [2.24, 2.45) is 0 Å². The van der Waals surface area contributed by atoms with Gasteiger partial charge in [0.1, 0.15) is 5.60 Å². The van der Waals surface area contributed by atoms with Gasteiger partial charge in [-0.25, -0.2) is 0 Å². The number of hydrogen-bond donors (Lipinski definition) is 0. The minimum Gasteiger partial charge on any atom is -0.378 e. The predicted octanol–water partition coefficient (Wildman–Crippen LogP) is 3.51. The molecule has 0 amide bonds. The van der Waals surface area contributed by atoms with Crippen LogP contribution >= 0.6 is 0 Å². The first-order valence-corrected chi connectivity index (χ1v) is 6.47. The second-order valence-electron chi connectivity index (χ2n) is 4.78. The highest BCUT2D eigenvalue weighted by molar-refractivity contribution is 5.24. The van der Waals surface area contributed by atoms with Crippen LogP contribution in [0.4, 0.5) is 0 Å². The van der Waals surface area contributed by atoms with Crippen molar-refractivity contribution in [3.8, 4) is 0 Å². The summed E-state index contributed by atoms with van der Waals surface area (Å²) in [5, 5.41) is 0. The molecule has 2 nitrogen and oxygen atoms in total. The summed E-state index contributed by atoms with van der Waals surface area (Å²) >= 11 is 0. The molecule has 0 saturated heterocycles. The maximum absolute atomic E-state index is 5.92. The lowest BCUT2D eigenvalue weighted by atomic mass is 9.84. The first-order valence-electron chi connectivity index (χ1n) is 6.47. The molecule has 1 aliphatic carbocycles. The molecule has 0 unspecified atom stereocenters. The molecular formula is C15H22O2. The lowest BCUT2D eigenvalue weighted by Gasteiger charge is -2.38. The third-order valence-electron chi connectivity index (χ3n) is 3.95. The van der Waals surface area contributed by atoms with E-state index in [1.165, 1.54) is 24.8 Å². The number of benzene rings is 1. The van der Waals surface area contributed by atoms with Crippen LogP contribution < -0.4 is 0 Å². The van der Waals surface area contributed by atoms with Crippen molar-refractivity contribution in [3.05, 3.63) is 35.9 Å². The van der Waals surface area contributed by atoms with Crippen molar-refractivity contribution in [3.63, 3.8) is 0 Å². The van der Waals surface area contributed by atoms with E-state index < -0.39 is 0 Å². The Morgan fingerprint density at radius 2 is 1.82 bits per heavy atom. The summed E-state index contributed by atoms with van der Waals surface area (Å²) < 4.78 is 11.6. The Balaban J connectivity index is 2.38. The molecule has 0 heterocycles. The van der Waals surface area contributed by atoms with Crippen LogP contribution in [0.5, 0.6) is 0 Å². The van der Waals surface area contributed by atoms with Gasteiger partial charge < -0.3 is 9.47 Å². The van der Waals surface area contributed by atoms with Crippen molar-refractivity contribution >= 4 is 0 Å². The number of methoxy groups -OCH3 is 2. The van der Waals surface area contributed by atoms with Crippen LogP contribution in [-0.2, 0) is 15.1 Å². The quantitative estimate of drug-likeness (QED) is 0.745. The van der Waals surface area contributed by atoms with E-state index in [0.29, 0.717) is 0 Å². The lowest BCUT2D eigenvalue weighted by Crippen LogP contribution is -2.41. The molecule has 1 fully saturated rings. The third kappa shape index (κ3) is 2.38. The Bertz CT molecular complexity index is 336. The first kappa shape index (κ1) is 12.6. The molecule has 1 aliphatic rings. The zero-order chi connectivity index (χ0) is 12.1. The van der Waals surface area contributed by atoms with Crippen LogP contribution in [0.3, 0.4) is 0 Å². The van der Waals surface area contributed by atoms with Gasteiger partial charge in [0.25, 0.3) is 0 Å². The number of rotatable bonds is 3. The third-order valence-corrected chi connectivity index (χ3v) is 3.95. The standard InChI is InChI=1S/C15H22O2/c1-16-14-11-7-4-8-12-15(14,17-2)13-9-5-3-6-10-13/h3,5-6,9-10,14H,4,7-8,11-12H2,1-2H3/t14-,15-/m0/s1. The molecule has 0 aromatic heterocycles. The van der Waals surface area contributed by atoms with E-state index >= 15 is 0 Å². The summed E-state index contributed by atoms with van der Waals surface area (Å²) in [4.78, 5) is 0. The van der Waals surface area contributed by atoms with Gasteiger partial charge in [0.05, 0.1) is 6.10 Å². The first-order chi connectivity index (χ1) is 8.33. The normalized spacial score (nSPS) is 29.9. The van der Waals surface area contributed by atoms with Crippen molar-refractivity contribution in [2.75, 3.05) is 14.2 Å². The Kier molecular flexibility index (Phi) is 4.19. The van der Waals surface area contributed by atoms with Gasteiger partial charge in [-0.1, -0.05) is 49.6 Å². The van der Waals surface area contributed by atoms with Crippen LogP contribution in [0, 0.1) is 0 Å². The summed E-state index contributed by atoms with van der Waals surface area (Å²) in [6, 6.07) is 10.5. The number of hydrogen-bond acceptors (Lipinski definition) is 2. The van der Waals surface area contributed by atoms with Gasteiger partial charge in [-0.15, -0.1) is 0 Å². The Labute approximate surface area is 104 Å². The fourth-order valence-electron chi connectivity index (χ4n) is 3.00. The SMILES string of the molecule is CO[C@H]1CCCCC[C@]1(OC)c1ccccc1. The minimum atomic E-state index is -0.257. The van der Waals surface area contributed by atoms with Crippen molar-refractivity contribution in [1.82, 2.24) is 0 Å². The van der Waals surface area contributed by atoms with E-state index in [-0.39, 0.29) is 11.7 Å². The molecule has 0 N–H and O–H groups in total. The molecule has 94 valence electrons. The maximum atomic E-state index is 5.92. The van der Waals surface area contributed by atoms with Gasteiger partial charge in [-0.05, 0) is 18.4 Å². The maximum Gasteiger partial charge on any atom is 0.119 e. The second-order valence-corrected chi connectivity index (χ2v) is 4.78. The smallest absolute Gasteiger partial charge is 0.119 e. The fraction of sp³-hybridized carbons (Fsp3) is 0.600. The molecule has 17 heavy (non-hydrogen) atoms. The van der Waals surface area contributed by atoms with E-state index in [1.807, 2.05) is 13.2 Å². The summed E-state index contributed by atoms with van der Waals surface area (Å²) in [7, 11) is 3.61. The monoisotopic (exact) mass is 234 g/mol. The highest BCUT2D eigenvalue weighted by Crippen LogP contribution is 2.40. The van der Waals surface area contributed by atoms with Gasteiger partial charge in [0.15, 0.2) is 0 Å². The summed E-state index contributed by atoms with van der Waals surface area (Å²) in [5.74, 6) is 0. The van der Waals surface area contributed by atoms with Crippen LogP contribution in [0.25, 0.3) is 0 Å². The van der Waals surface area contributed by atoms with Crippen LogP contribution in [-0.4, -0.2) is 20.3 Å². The molecular weight excluding hydrogens is 212 g/mol. The molecule has 1 aromatic carbocycles. The van der Waals surface area contributed by atoms with Crippen molar-refractivity contribution < 1.29 is 9.47 Å². The molecule has 0 spiro atoms. The van der Waals surface area contributed by atoms with E-state index in [2.05, 4.69) is 24.3 Å². The summed E-state index contributed by atoms with van der Waals surface area (Å²) in [6.07, 6.45) is 6.01. The second kappa shape index (κ2) is 5.65. The summed E-state index contributed by atoms with van der Waals surface area (Å²) in [5.41, 5.74) is 0.989. The van der Waals surface area contributed by atoms with Crippen LogP contribution in [0.15, 0.2) is 30.3 Å². The predicted molar refractivity (Wildman–Crippen MR) is 69.0 cm³/mol.